The number of rotatable bonds is 3. The van der Waals surface area contributed by atoms with Gasteiger partial charge in [-0.05, 0) is 49.2 Å². The molecule has 1 fully saturated rings. The van der Waals surface area contributed by atoms with Crippen LogP contribution in [0.3, 0.4) is 0 Å². The molecule has 0 unspecified atom stereocenters. The number of nitrogens with zero attached hydrogens (tertiary/aromatic N) is 1. The molecule has 1 N–H and O–H groups in total. The van der Waals surface area contributed by atoms with Crippen molar-refractivity contribution in [2.45, 2.75) is 23.8 Å². The Hall–Kier alpha value is -1.72. The molecule has 3 rings (SSSR count). The molecule has 0 radical (unpaired) electrons. The van der Waals surface area contributed by atoms with E-state index >= 15 is 0 Å². The van der Waals surface area contributed by atoms with Crippen molar-refractivity contribution in [3.05, 3.63) is 48.2 Å². The van der Waals surface area contributed by atoms with Gasteiger partial charge in [-0.3, -0.25) is 4.98 Å². The van der Waals surface area contributed by atoms with Crippen molar-refractivity contribution in [1.82, 2.24) is 10.3 Å². The van der Waals surface area contributed by atoms with Crippen LogP contribution in [0.25, 0.3) is 11.3 Å². The number of hydrogen-bond acceptors (Lipinski definition) is 4. The average molecular weight is 302 g/mol. The van der Waals surface area contributed by atoms with Gasteiger partial charge in [-0.1, -0.05) is 12.1 Å². The molecule has 0 saturated carbocycles. The standard InChI is InChI=1S/C16H18N2O2S/c1-21(19,20)14-6-4-12(5-7-14)16-11-13(8-10-18-16)15-3-2-9-17-15/h4-8,10-11,15,17H,2-3,9H2,1H3/t15-/m1/s1. The Morgan fingerprint density at radius 2 is 1.95 bits per heavy atom. The van der Waals surface area contributed by atoms with Gasteiger partial charge in [-0.15, -0.1) is 0 Å². The van der Waals surface area contributed by atoms with Gasteiger partial charge in [0.2, 0.25) is 0 Å². The van der Waals surface area contributed by atoms with E-state index in [9.17, 15) is 8.42 Å². The van der Waals surface area contributed by atoms with Gasteiger partial charge in [0.15, 0.2) is 9.84 Å². The Morgan fingerprint density at radius 1 is 1.19 bits per heavy atom. The van der Waals surface area contributed by atoms with Crippen molar-refractivity contribution >= 4 is 9.84 Å². The SMILES string of the molecule is CS(=O)(=O)c1ccc(-c2cc([C@H]3CCCN3)ccn2)cc1. The molecule has 0 bridgehead atoms. The molecule has 0 amide bonds. The Morgan fingerprint density at radius 3 is 2.57 bits per heavy atom. The van der Waals surface area contributed by atoms with E-state index in [0.717, 1.165) is 24.2 Å². The van der Waals surface area contributed by atoms with Gasteiger partial charge < -0.3 is 5.32 Å². The van der Waals surface area contributed by atoms with E-state index in [1.54, 1.807) is 12.1 Å². The molecule has 4 nitrogen and oxygen atoms in total. The number of hydrogen-bond donors (Lipinski definition) is 1. The average Bonchev–Trinajstić information content (AvgIpc) is 3.01. The third-order valence-electron chi connectivity index (χ3n) is 3.82. The van der Waals surface area contributed by atoms with E-state index in [2.05, 4.69) is 16.4 Å². The molecule has 1 aromatic heterocycles. The predicted octanol–water partition coefficient (Wildman–Crippen LogP) is 2.58. The first kappa shape index (κ1) is 14.2. The van der Waals surface area contributed by atoms with E-state index in [-0.39, 0.29) is 0 Å². The highest BCUT2D eigenvalue weighted by atomic mass is 32.2. The van der Waals surface area contributed by atoms with Crippen molar-refractivity contribution < 1.29 is 8.42 Å². The lowest BCUT2D eigenvalue weighted by atomic mass is 10.0. The maximum Gasteiger partial charge on any atom is 0.175 e. The van der Waals surface area contributed by atoms with E-state index in [4.69, 9.17) is 0 Å². The van der Waals surface area contributed by atoms with E-state index in [0.29, 0.717) is 10.9 Å². The topological polar surface area (TPSA) is 59.1 Å². The first-order chi connectivity index (χ1) is 10.0. The van der Waals surface area contributed by atoms with Gasteiger partial charge in [-0.2, -0.15) is 0 Å². The zero-order valence-electron chi connectivity index (χ0n) is 11.9. The molecule has 5 heteroatoms. The number of sulfone groups is 1. The summed E-state index contributed by atoms with van der Waals surface area (Å²) in [5, 5.41) is 3.47. The third kappa shape index (κ3) is 3.14. The summed E-state index contributed by atoms with van der Waals surface area (Å²) in [5.41, 5.74) is 3.05. The number of nitrogens with one attached hydrogen (secondary N) is 1. The van der Waals surface area contributed by atoms with Crippen molar-refractivity contribution in [3.8, 4) is 11.3 Å². The minimum Gasteiger partial charge on any atom is -0.310 e. The van der Waals surface area contributed by atoms with Crippen LogP contribution in [0.15, 0.2) is 47.5 Å². The van der Waals surface area contributed by atoms with Crippen LogP contribution in [0, 0.1) is 0 Å². The summed E-state index contributed by atoms with van der Waals surface area (Å²) < 4.78 is 23.0. The highest BCUT2D eigenvalue weighted by molar-refractivity contribution is 7.90. The predicted molar refractivity (Wildman–Crippen MR) is 82.8 cm³/mol. The Balaban J connectivity index is 1.91. The lowest BCUT2D eigenvalue weighted by Crippen LogP contribution is -2.12. The second-order valence-corrected chi connectivity index (χ2v) is 7.44. The van der Waals surface area contributed by atoms with E-state index in [1.165, 1.54) is 18.2 Å². The van der Waals surface area contributed by atoms with Gasteiger partial charge >= 0.3 is 0 Å². The molecule has 1 aliphatic heterocycles. The Labute approximate surface area is 125 Å². The summed E-state index contributed by atoms with van der Waals surface area (Å²) >= 11 is 0. The minimum absolute atomic E-state index is 0.333. The number of pyridine rings is 1. The molecule has 110 valence electrons. The molecule has 2 aromatic rings. The molecule has 1 atom stereocenters. The van der Waals surface area contributed by atoms with Crippen LogP contribution in [0.2, 0.25) is 0 Å². The van der Waals surface area contributed by atoms with Gasteiger partial charge in [0.1, 0.15) is 0 Å². The number of aromatic nitrogens is 1. The van der Waals surface area contributed by atoms with E-state index < -0.39 is 9.84 Å². The lowest BCUT2D eigenvalue weighted by molar-refractivity contribution is 0.602. The zero-order valence-corrected chi connectivity index (χ0v) is 12.7. The normalized spacial score (nSPS) is 18.8. The highest BCUT2D eigenvalue weighted by Gasteiger charge is 2.16. The number of benzene rings is 1. The van der Waals surface area contributed by atoms with Crippen LogP contribution in [0.1, 0.15) is 24.4 Å². The maximum absolute atomic E-state index is 11.5. The van der Waals surface area contributed by atoms with Crippen LogP contribution >= 0.6 is 0 Å². The summed E-state index contributed by atoms with van der Waals surface area (Å²) in [6, 6.07) is 11.4. The van der Waals surface area contributed by atoms with Gasteiger partial charge in [-0.25, -0.2) is 8.42 Å². The van der Waals surface area contributed by atoms with Crippen molar-refractivity contribution in [1.29, 1.82) is 0 Å². The summed E-state index contributed by atoms with van der Waals surface area (Å²) in [6.07, 6.45) is 5.38. The Kier molecular flexibility index (Phi) is 3.78. The van der Waals surface area contributed by atoms with Crippen molar-refractivity contribution in [3.63, 3.8) is 0 Å². The third-order valence-corrected chi connectivity index (χ3v) is 4.95. The van der Waals surface area contributed by atoms with Gasteiger partial charge in [0.05, 0.1) is 10.6 Å². The minimum atomic E-state index is -3.15. The summed E-state index contributed by atoms with van der Waals surface area (Å²) in [6.45, 7) is 1.06. The molecule has 21 heavy (non-hydrogen) atoms. The van der Waals surface area contributed by atoms with E-state index in [1.807, 2.05) is 24.4 Å². The van der Waals surface area contributed by atoms with Crippen LogP contribution < -0.4 is 5.32 Å². The second-order valence-electron chi connectivity index (χ2n) is 5.42. The molecular weight excluding hydrogens is 284 g/mol. The molecular formula is C16H18N2O2S. The summed E-state index contributed by atoms with van der Waals surface area (Å²) in [7, 11) is -3.15. The summed E-state index contributed by atoms with van der Waals surface area (Å²) in [4.78, 5) is 4.73. The largest absolute Gasteiger partial charge is 0.310 e. The fourth-order valence-corrected chi connectivity index (χ4v) is 3.29. The smallest absolute Gasteiger partial charge is 0.175 e. The zero-order chi connectivity index (χ0) is 14.9. The Bertz CT molecular complexity index is 733. The summed E-state index contributed by atoms with van der Waals surface area (Å²) in [5.74, 6) is 0. The second kappa shape index (κ2) is 5.58. The maximum atomic E-state index is 11.5. The first-order valence-corrected chi connectivity index (χ1v) is 8.93. The monoisotopic (exact) mass is 302 g/mol. The van der Waals surface area contributed by atoms with Crippen molar-refractivity contribution in [2.75, 3.05) is 12.8 Å². The first-order valence-electron chi connectivity index (χ1n) is 7.04. The quantitative estimate of drug-likeness (QED) is 0.946. The van der Waals surface area contributed by atoms with Crippen LogP contribution in [0.5, 0.6) is 0 Å². The van der Waals surface area contributed by atoms with Crippen LogP contribution in [0.4, 0.5) is 0 Å². The fraction of sp³-hybridized carbons (Fsp3) is 0.312. The highest BCUT2D eigenvalue weighted by Crippen LogP contribution is 2.26. The molecule has 0 spiro atoms. The molecule has 0 aliphatic carbocycles. The lowest BCUT2D eigenvalue weighted by Gasteiger charge is -2.11. The van der Waals surface area contributed by atoms with Crippen LogP contribution in [-0.2, 0) is 9.84 Å². The molecule has 1 saturated heterocycles. The molecule has 2 heterocycles. The van der Waals surface area contributed by atoms with Gasteiger partial charge in [0.25, 0.3) is 0 Å². The van der Waals surface area contributed by atoms with Crippen LogP contribution in [-0.4, -0.2) is 26.2 Å². The molecule has 1 aliphatic rings. The van der Waals surface area contributed by atoms with Gasteiger partial charge in [0, 0.05) is 24.1 Å². The van der Waals surface area contributed by atoms with Crippen molar-refractivity contribution in [2.24, 2.45) is 0 Å². The molecule has 1 aromatic carbocycles. The fourth-order valence-electron chi connectivity index (χ4n) is 2.66.